The summed E-state index contributed by atoms with van der Waals surface area (Å²) in [5.74, 6) is 0. The summed E-state index contributed by atoms with van der Waals surface area (Å²) in [6.45, 7) is 14.1. The van der Waals surface area contributed by atoms with E-state index in [2.05, 4.69) is 41.5 Å². The summed E-state index contributed by atoms with van der Waals surface area (Å²) in [6, 6.07) is 0. The Kier molecular flexibility index (Phi) is 3.88. The minimum absolute atomic E-state index is 0.242. The lowest BCUT2D eigenvalue weighted by Gasteiger charge is -2.33. The van der Waals surface area contributed by atoms with Gasteiger partial charge in [-0.3, -0.25) is 0 Å². The molecule has 0 saturated carbocycles. The average molecular weight is 160 g/mol. The van der Waals surface area contributed by atoms with E-state index in [1.807, 2.05) is 0 Å². The number of hydrogen-bond donors (Lipinski definition) is 0. The van der Waals surface area contributed by atoms with Crippen molar-refractivity contribution in [1.82, 2.24) is 0 Å². The fourth-order valence-corrected chi connectivity index (χ4v) is 4.84. The summed E-state index contributed by atoms with van der Waals surface area (Å²) in [5.41, 5.74) is 0.889. The molecule has 0 radical (unpaired) electrons. The maximum Gasteiger partial charge on any atom is -0.0177 e. The van der Waals surface area contributed by atoms with Crippen LogP contribution in [0.5, 0.6) is 0 Å². The smallest absolute Gasteiger partial charge is 0.0177 e. The highest BCUT2D eigenvalue weighted by Gasteiger charge is 2.24. The molecular weight excluding hydrogens is 139 g/mol. The van der Waals surface area contributed by atoms with Crippen molar-refractivity contribution < 1.29 is 0 Å². The first-order valence-electron chi connectivity index (χ1n) is 4.16. The van der Waals surface area contributed by atoms with Gasteiger partial charge >= 0.3 is 0 Å². The zero-order chi connectivity index (χ0) is 8.36. The Hall–Kier alpha value is 0.430. The van der Waals surface area contributed by atoms with Crippen LogP contribution in [-0.2, 0) is 0 Å². The third-order valence-electron chi connectivity index (χ3n) is 1.83. The molecule has 0 saturated heterocycles. The molecular formula is C9H21P. The van der Waals surface area contributed by atoms with Crippen LogP contribution < -0.4 is 0 Å². The fraction of sp³-hybridized carbons (Fsp3) is 1.00. The van der Waals surface area contributed by atoms with E-state index in [-0.39, 0.29) is 7.92 Å². The van der Waals surface area contributed by atoms with Gasteiger partial charge in [0.25, 0.3) is 0 Å². The predicted molar refractivity (Wildman–Crippen MR) is 52.4 cm³/mol. The molecule has 0 aromatic carbocycles. The average Bonchev–Trinajstić information content (AvgIpc) is 1.60. The fourth-order valence-electron chi connectivity index (χ4n) is 1.61. The van der Waals surface area contributed by atoms with Crippen molar-refractivity contribution in [3.63, 3.8) is 0 Å². The van der Waals surface area contributed by atoms with Crippen molar-refractivity contribution in [2.75, 3.05) is 6.16 Å². The Bertz CT molecular complexity index is 89.4. The van der Waals surface area contributed by atoms with Gasteiger partial charge in [0, 0.05) is 0 Å². The van der Waals surface area contributed by atoms with Crippen LogP contribution in [-0.4, -0.2) is 17.0 Å². The molecule has 0 aliphatic heterocycles. The topological polar surface area (TPSA) is 0 Å². The van der Waals surface area contributed by atoms with Gasteiger partial charge in [-0.15, -0.1) is 0 Å². The van der Waals surface area contributed by atoms with Gasteiger partial charge in [-0.1, -0.05) is 49.5 Å². The Morgan fingerprint density at radius 1 is 1.20 bits per heavy atom. The summed E-state index contributed by atoms with van der Waals surface area (Å²) in [4.78, 5) is 0. The predicted octanol–water partition coefficient (Wildman–Crippen LogP) is 3.70. The molecule has 0 bridgehead atoms. The molecule has 1 unspecified atom stereocenters. The molecule has 0 rings (SSSR count). The second-order valence-corrected chi connectivity index (χ2v) is 8.00. The minimum atomic E-state index is 0.242. The van der Waals surface area contributed by atoms with Crippen LogP contribution in [0.15, 0.2) is 0 Å². The van der Waals surface area contributed by atoms with Gasteiger partial charge in [-0.25, -0.2) is 0 Å². The standard InChI is InChI=1S/C9H21P/c1-7-10(8(2)3)9(4,5)6/h8H,7H2,1-6H3. The van der Waals surface area contributed by atoms with Crippen LogP contribution in [0.3, 0.4) is 0 Å². The van der Waals surface area contributed by atoms with Gasteiger partial charge in [-0.05, 0) is 17.0 Å². The van der Waals surface area contributed by atoms with Crippen molar-refractivity contribution >= 4 is 7.92 Å². The first kappa shape index (κ1) is 10.4. The minimum Gasteiger partial charge on any atom is -0.0988 e. The molecule has 0 aliphatic rings. The highest BCUT2D eigenvalue weighted by atomic mass is 31.1. The van der Waals surface area contributed by atoms with Crippen LogP contribution in [0.4, 0.5) is 0 Å². The zero-order valence-corrected chi connectivity index (χ0v) is 9.13. The molecule has 0 N–H and O–H groups in total. The van der Waals surface area contributed by atoms with Crippen molar-refractivity contribution in [1.29, 1.82) is 0 Å². The van der Waals surface area contributed by atoms with Crippen LogP contribution in [0.1, 0.15) is 41.5 Å². The van der Waals surface area contributed by atoms with E-state index < -0.39 is 0 Å². The van der Waals surface area contributed by atoms with Crippen molar-refractivity contribution in [3.8, 4) is 0 Å². The summed E-state index contributed by atoms with van der Waals surface area (Å²) >= 11 is 0. The Morgan fingerprint density at radius 3 is 1.60 bits per heavy atom. The third-order valence-corrected chi connectivity index (χ3v) is 5.48. The van der Waals surface area contributed by atoms with E-state index in [0.717, 1.165) is 5.66 Å². The van der Waals surface area contributed by atoms with Crippen molar-refractivity contribution in [3.05, 3.63) is 0 Å². The van der Waals surface area contributed by atoms with Gasteiger partial charge in [-0.2, -0.15) is 0 Å². The molecule has 0 aromatic heterocycles. The maximum atomic E-state index is 2.36. The van der Waals surface area contributed by atoms with Gasteiger partial charge in [0.15, 0.2) is 0 Å². The molecule has 0 heterocycles. The molecule has 0 aliphatic carbocycles. The Labute approximate surface area is 67.2 Å². The van der Waals surface area contributed by atoms with Gasteiger partial charge in [0.05, 0.1) is 0 Å². The van der Waals surface area contributed by atoms with Crippen LogP contribution >= 0.6 is 7.92 Å². The molecule has 0 aromatic rings. The van der Waals surface area contributed by atoms with E-state index in [4.69, 9.17) is 0 Å². The molecule has 10 heavy (non-hydrogen) atoms. The lowest BCUT2D eigenvalue weighted by Crippen LogP contribution is -2.17. The first-order chi connectivity index (χ1) is 4.39. The maximum absolute atomic E-state index is 2.36. The SMILES string of the molecule is CCP(C(C)C)C(C)(C)C. The van der Waals surface area contributed by atoms with Crippen LogP contribution in [0.25, 0.3) is 0 Å². The van der Waals surface area contributed by atoms with E-state index in [1.54, 1.807) is 0 Å². The molecule has 0 nitrogen and oxygen atoms in total. The molecule has 1 atom stereocenters. The van der Waals surface area contributed by atoms with Gasteiger partial charge < -0.3 is 0 Å². The lowest BCUT2D eigenvalue weighted by atomic mass is 10.3. The van der Waals surface area contributed by atoms with E-state index >= 15 is 0 Å². The van der Waals surface area contributed by atoms with E-state index in [0.29, 0.717) is 5.16 Å². The monoisotopic (exact) mass is 160 g/mol. The second kappa shape index (κ2) is 3.72. The Morgan fingerprint density at radius 2 is 1.60 bits per heavy atom. The summed E-state index contributed by atoms with van der Waals surface area (Å²) < 4.78 is 0. The highest BCUT2D eigenvalue weighted by molar-refractivity contribution is 7.59. The third kappa shape index (κ3) is 3.01. The quantitative estimate of drug-likeness (QED) is 0.540. The van der Waals surface area contributed by atoms with E-state index in [9.17, 15) is 0 Å². The highest BCUT2D eigenvalue weighted by Crippen LogP contribution is 2.52. The summed E-state index contributed by atoms with van der Waals surface area (Å²) in [7, 11) is 0.242. The van der Waals surface area contributed by atoms with Gasteiger partial charge in [0.1, 0.15) is 0 Å². The molecule has 0 fully saturated rings. The lowest BCUT2D eigenvalue weighted by molar-refractivity contribution is 0.768. The Balaban J connectivity index is 4.07. The van der Waals surface area contributed by atoms with Crippen LogP contribution in [0.2, 0.25) is 0 Å². The number of hydrogen-bond acceptors (Lipinski definition) is 0. The van der Waals surface area contributed by atoms with E-state index in [1.165, 1.54) is 6.16 Å². The second-order valence-electron chi connectivity index (χ2n) is 4.05. The van der Waals surface area contributed by atoms with Crippen molar-refractivity contribution in [2.24, 2.45) is 0 Å². The molecule has 1 heteroatoms. The first-order valence-corrected chi connectivity index (χ1v) is 5.76. The van der Waals surface area contributed by atoms with Crippen LogP contribution in [0, 0.1) is 0 Å². The molecule has 0 amide bonds. The normalized spacial score (nSPS) is 15.9. The van der Waals surface area contributed by atoms with Gasteiger partial charge in [0.2, 0.25) is 0 Å². The zero-order valence-electron chi connectivity index (χ0n) is 8.23. The summed E-state index contributed by atoms with van der Waals surface area (Å²) in [6.07, 6.45) is 1.37. The summed E-state index contributed by atoms with van der Waals surface area (Å²) in [5, 5.41) is 0.554. The molecule has 0 spiro atoms. The number of rotatable bonds is 2. The molecule has 62 valence electrons. The largest absolute Gasteiger partial charge is 0.0988 e. The van der Waals surface area contributed by atoms with Crippen molar-refractivity contribution in [2.45, 2.75) is 52.4 Å².